The van der Waals surface area contributed by atoms with Gasteiger partial charge in [0.15, 0.2) is 0 Å². The number of aliphatic hydroxyl groups is 1. The Morgan fingerprint density at radius 1 is 1.18 bits per heavy atom. The van der Waals surface area contributed by atoms with Crippen molar-refractivity contribution in [3.8, 4) is 17.7 Å². The standard InChI is InChI=1S/C17H17IN2O2/c1-20(2)15-7-5-13(6-8-15)3-4-14-11-16(18)17(19-12-14)22-10-9-21/h5-8,11-12,21H,9-10H2,1-2H3/i18-2. The molecule has 4 nitrogen and oxygen atoms in total. The number of anilines is 1. The maximum Gasteiger partial charge on any atom is 0.227 e. The molecule has 1 aromatic heterocycles. The molecule has 5 heteroatoms. The lowest BCUT2D eigenvalue weighted by Crippen LogP contribution is -2.07. The highest BCUT2D eigenvalue weighted by Crippen LogP contribution is 2.18. The van der Waals surface area contributed by atoms with E-state index in [9.17, 15) is 0 Å². The number of ether oxygens (including phenoxy) is 1. The lowest BCUT2D eigenvalue weighted by Gasteiger charge is -2.11. The molecule has 0 aliphatic rings. The molecule has 0 saturated carbocycles. The molecule has 0 radical (unpaired) electrons. The van der Waals surface area contributed by atoms with Crippen LogP contribution in [0.15, 0.2) is 36.5 Å². The van der Waals surface area contributed by atoms with Crippen molar-refractivity contribution in [1.29, 1.82) is 0 Å². The molecule has 0 aliphatic heterocycles. The van der Waals surface area contributed by atoms with E-state index in [1.165, 1.54) is 0 Å². The van der Waals surface area contributed by atoms with E-state index in [-0.39, 0.29) is 13.2 Å². The zero-order valence-electron chi connectivity index (χ0n) is 12.5. The van der Waals surface area contributed by atoms with Crippen LogP contribution in [-0.4, -0.2) is 37.4 Å². The molecule has 1 N–H and O–H groups in total. The van der Waals surface area contributed by atoms with E-state index in [2.05, 4.69) is 44.3 Å². The maximum absolute atomic E-state index is 8.76. The minimum atomic E-state index is -0.0255. The van der Waals surface area contributed by atoms with E-state index >= 15 is 0 Å². The summed E-state index contributed by atoms with van der Waals surface area (Å²) in [6, 6.07) is 10.00. The van der Waals surface area contributed by atoms with Crippen molar-refractivity contribution >= 4 is 28.3 Å². The largest absolute Gasteiger partial charge is 0.474 e. The van der Waals surface area contributed by atoms with Gasteiger partial charge in [0.1, 0.15) is 6.61 Å². The molecule has 2 aromatic rings. The predicted octanol–water partition coefficient (Wildman–Crippen LogP) is 2.52. The molecule has 0 aliphatic carbocycles. The maximum atomic E-state index is 8.76. The summed E-state index contributed by atoms with van der Waals surface area (Å²) in [5.74, 6) is 6.75. The van der Waals surface area contributed by atoms with Crippen LogP contribution in [0.3, 0.4) is 0 Å². The number of benzene rings is 1. The zero-order valence-corrected chi connectivity index (χ0v) is 14.7. The molecular weight excluding hydrogens is 389 g/mol. The lowest BCUT2D eigenvalue weighted by atomic mass is 10.2. The van der Waals surface area contributed by atoms with E-state index in [4.69, 9.17) is 9.84 Å². The molecule has 1 aromatic carbocycles. The summed E-state index contributed by atoms with van der Waals surface area (Å²) in [5.41, 5.74) is 2.94. The van der Waals surface area contributed by atoms with Crippen LogP contribution in [-0.2, 0) is 0 Å². The van der Waals surface area contributed by atoms with Crippen molar-refractivity contribution in [3.05, 3.63) is 51.2 Å². The molecule has 0 fully saturated rings. The average molecular weight is 406 g/mol. The van der Waals surface area contributed by atoms with E-state index in [0.29, 0.717) is 5.88 Å². The first-order valence-electron chi connectivity index (χ1n) is 6.79. The van der Waals surface area contributed by atoms with E-state index in [1.54, 1.807) is 6.20 Å². The second-order valence-corrected chi connectivity index (χ2v) is 5.94. The van der Waals surface area contributed by atoms with Crippen molar-refractivity contribution in [2.45, 2.75) is 0 Å². The molecule has 2 rings (SSSR count). The zero-order chi connectivity index (χ0) is 15.9. The molecule has 22 heavy (non-hydrogen) atoms. The van der Waals surface area contributed by atoms with Gasteiger partial charge in [0.05, 0.1) is 10.2 Å². The Hall–Kier alpha value is -1.78. The van der Waals surface area contributed by atoms with Gasteiger partial charge in [-0.05, 0) is 52.9 Å². The summed E-state index contributed by atoms with van der Waals surface area (Å²) in [4.78, 5) is 6.27. The van der Waals surface area contributed by atoms with Gasteiger partial charge in [0.2, 0.25) is 5.88 Å². The summed E-state index contributed by atoms with van der Waals surface area (Å²) in [6.45, 7) is 0.217. The van der Waals surface area contributed by atoms with Crippen LogP contribution in [0.1, 0.15) is 11.1 Å². The van der Waals surface area contributed by atoms with Crippen molar-refractivity contribution in [2.24, 2.45) is 0 Å². The van der Waals surface area contributed by atoms with Gasteiger partial charge in [0, 0.05) is 37.1 Å². The summed E-state index contributed by atoms with van der Waals surface area (Å²) in [7, 11) is 4.02. The average Bonchev–Trinajstić information content (AvgIpc) is 2.52. The third-order valence-electron chi connectivity index (χ3n) is 2.87. The highest BCUT2D eigenvalue weighted by molar-refractivity contribution is 14.1. The summed E-state index contributed by atoms with van der Waals surface area (Å²) in [5, 5.41) is 8.76. The monoisotopic (exact) mass is 406 g/mol. The van der Waals surface area contributed by atoms with Gasteiger partial charge in [-0.15, -0.1) is 0 Å². The van der Waals surface area contributed by atoms with Gasteiger partial charge in [-0.1, -0.05) is 11.8 Å². The Balaban J connectivity index is 2.12. The molecule has 0 amide bonds. The Morgan fingerprint density at radius 3 is 2.45 bits per heavy atom. The fraction of sp³-hybridized carbons (Fsp3) is 0.235. The number of nitrogens with zero attached hydrogens (tertiary/aromatic N) is 2. The fourth-order valence-corrected chi connectivity index (χ4v) is 2.36. The van der Waals surface area contributed by atoms with Crippen molar-refractivity contribution in [2.75, 3.05) is 32.2 Å². The first kappa shape index (κ1) is 16.6. The number of hydrogen-bond acceptors (Lipinski definition) is 4. The Kier molecular flexibility index (Phi) is 6.04. The van der Waals surface area contributed by atoms with Gasteiger partial charge in [-0.2, -0.15) is 0 Å². The molecule has 0 atom stereocenters. The van der Waals surface area contributed by atoms with Gasteiger partial charge in [-0.3, -0.25) is 0 Å². The van der Waals surface area contributed by atoms with E-state index in [0.717, 1.165) is 20.4 Å². The van der Waals surface area contributed by atoms with Gasteiger partial charge < -0.3 is 14.7 Å². The first-order valence-corrected chi connectivity index (χ1v) is 7.86. The Bertz CT molecular complexity index is 688. The number of aromatic nitrogens is 1. The SMILES string of the molecule is CN(C)c1ccc(C#Cc2cnc(OCCO)c([125I])c2)cc1. The van der Waals surface area contributed by atoms with E-state index < -0.39 is 0 Å². The highest BCUT2D eigenvalue weighted by Gasteiger charge is 2.03. The van der Waals surface area contributed by atoms with Crippen molar-refractivity contribution < 1.29 is 9.84 Å². The minimum absolute atomic E-state index is 0.0255. The molecule has 0 bridgehead atoms. The van der Waals surface area contributed by atoms with Crippen LogP contribution in [0.2, 0.25) is 0 Å². The van der Waals surface area contributed by atoms with Crippen molar-refractivity contribution in [3.63, 3.8) is 0 Å². The summed E-state index contributed by atoms with van der Waals surface area (Å²) in [6.07, 6.45) is 1.68. The molecule has 0 spiro atoms. The van der Waals surface area contributed by atoms with Gasteiger partial charge >= 0.3 is 0 Å². The third-order valence-corrected chi connectivity index (χ3v) is 3.65. The Labute approximate surface area is 144 Å². The van der Waals surface area contributed by atoms with E-state index in [1.807, 2.05) is 44.4 Å². The molecular formula is C17H17IN2O2. The molecule has 0 saturated heterocycles. The van der Waals surface area contributed by atoms with Gasteiger partial charge in [-0.25, -0.2) is 4.98 Å². The Morgan fingerprint density at radius 2 is 1.86 bits per heavy atom. The van der Waals surface area contributed by atoms with Crippen LogP contribution in [0.25, 0.3) is 0 Å². The fourth-order valence-electron chi connectivity index (χ4n) is 1.73. The van der Waals surface area contributed by atoms with Crippen molar-refractivity contribution in [1.82, 2.24) is 4.98 Å². The minimum Gasteiger partial charge on any atom is -0.474 e. The number of pyridine rings is 1. The number of aliphatic hydroxyl groups excluding tert-OH is 1. The number of halogens is 1. The highest BCUT2D eigenvalue weighted by atomic mass is 125. The van der Waals surface area contributed by atoms with Crippen LogP contribution in [0, 0.1) is 15.4 Å². The quantitative estimate of drug-likeness (QED) is 0.626. The normalized spacial score (nSPS) is 9.82. The predicted molar refractivity (Wildman–Crippen MR) is 96.3 cm³/mol. The van der Waals surface area contributed by atoms with Crippen LogP contribution in [0.5, 0.6) is 5.88 Å². The van der Waals surface area contributed by atoms with Crippen LogP contribution in [0.4, 0.5) is 5.69 Å². The molecule has 114 valence electrons. The lowest BCUT2D eigenvalue weighted by molar-refractivity contribution is 0.196. The first-order chi connectivity index (χ1) is 10.6. The molecule has 1 heterocycles. The molecule has 0 unspecified atom stereocenters. The summed E-state index contributed by atoms with van der Waals surface area (Å²) >= 11 is 2.15. The third kappa shape index (κ3) is 4.61. The smallest absolute Gasteiger partial charge is 0.227 e. The second kappa shape index (κ2) is 8.01. The van der Waals surface area contributed by atoms with Gasteiger partial charge in [0.25, 0.3) is 0 Å². The topological polar surface area (TPSA) is 45.6 Å². The van der Waals surface area contributed by atoms with Crippen LogP contribution >= 0.6 is 22.6 Å². The number of rotatable bonds is 4. The number of hydrogen-bond donors (Lipinski definition) is 1. The summed E-state index contributed by atoms with van der Waals surface area (Å²) < 4.78 is 6.19. The van der Waals surface area contributed by atoms with Crippen LogP contribution < -0.4 is 9.64 Å². The second-order valence-electron chi connectivity index (χ2n) is 4.77.